The maximum Gasteiger partial charge on any atom is 0.230 e. The summed E-state index contributed by atoms with van der Waals surface area (Å²) in [5.41, 5.74) is 5.36. The zero-order valence-corrected chi connectivity index (χ0v) is 18.2. The Labute approximate surface area is 177 Å². The van der Waals surface area contributed by atoms with Gasteiger partial charge in [0.15, 0.2) is 0 Å². The molecule has 0 radical (unpaired) electrons. The standard InChI is InChI=1S/C20H17N5O.2C2H6/c1-13-2-5-17(22-10-13)9-19(26)24-16-6-3-14(4-7-16)18-8-15-11-21-12-23-20(15)25-18;2*1-2/h2-8,10-12H,9H2,1H3,(H,24,26)(H,21,23,25);2*1-2H3. The first kappa shape index (κ1) is 22.7. The van der Waals surface area contributed by atoms with Gasteiger partial charge in [0.05, 0.1) is 6.42 Å². The predicted molar refractivity (Wildman–Crippen MR) is 123 cm³/mol. The van der Waals surface area contributed by atoms with Gasteiger partial charge in [0.25, 0.3) is 0 Å². The molecule has 6 nitrogen and oxygen atoms in total. The highest BCUT2D eigenvalue weighted by Crippen LogP contribution is 2.24. The zero-order chi connectivity index (χ0) is 21.9. The number of amides is 1. The number of nitrogens with zero attached hydrogens (tertiary/aromatic N) is 3. The molecule has 0 spiro atoms. The highest BCUT2D eigenvalue weighted by atomic mass is 16.1. The highest BCUT2D eigenvalue weighted by molar-refractivity contribution is 5.92. The van der Waals surface area contributed by atoms with E-state index in [1.54, 1.807) is 12.4 Å². The molecule has 6 heteroatoms. The van der Waals surface area contributed by atoms with E-state index in [0.717, 1.165) is 39.2 Å². The Bertz CT molecular complexity index is 1020. The number of anilines is 1. The topological polar surface area (TPSA) is 83.6 Å². The minimum absolute atomic E-state index is 0.0880. The molecule has 0 saturated heterocycles. The van der Waals surface area contributed by atoms with Gasteiger partial charge in [0.1, 0.15) is 12.0 Å². The van der Waals surface area contributed by atoms with E-state index in [-0.39, 0.29) is 12.3 Å². The van der Waals surface area contributed by atoms with Gasteiger partial charge in [-0.25, -0.2) is 9.97 Å². The molecule has 0 aliphatic heterocycles. The molecule has 2 N–H and O–H groups in total. The molecule has 0 aliphatic carbocycles. The molecule has 30 heavy (non-hydrogen) atoms. The fourth-order valence-corrected chi connectivity index (χ4v) is 2.73. The van der Waals surface area contributed by atoms with Crippen molar-refractivity contribution in [2.24, 2.45) is 0 Å². The van der Waals surface area contributed by atoms with Gasteiger partial charge < -0.3 is 10.3 Å². The van der Waals surface area contributed by atoms with Crippen LogP contribution in [0.3, 0.4) is 0 Å². The molecule has 4 aromatic rings. The summed E-state index contributed by atoms with van der Waals surface area (Å²) in [6.45, 7) is 9.97. The molecule has 0 bridgehead atoms. The molecule has 0 saturated carbocycles. The summed E-state index contributed by atoms with van der Waals surface area (Å²) in [4.78, 5) is 27.9. The van der Waals surface area contributed by atoms with Gasteiger partial charge in [0, 0.05) is 34.9 Å². The van der Waals surface area contributed by atoms with Crippen LogP contribution in [0.25, 0.3) is 22.3 Å². The highest BCUT2D eigenvalue weighted by Gasteiger charge is 2.07. The van der Waals surface area contributed by atoms with Crippen molar-refractivity contribution in [1.82, 2.24) is 19.9 Å². The molecule has 0 atom stereocenters. The Morgan fingerprint density at radius 1 is 0.967 bits per heavy atom. The van der Waals surface area contributed by atoms with Gasteiger partial charge in [0.2, 0.25) is 5.91 Å². The van der Waals surface area contributed by atoms with Crippen molar-refractivity contribution in [3.63, 3.8) is 0 Å². The fraction of sp³-hybridized carbons (Fsp3) is 0.250. The number of aromatic amines is 1. The molecule has 156 valence electrons. The molecule has 0 fully saturated rings. The Morgan fingerprint density at radius 2 is 1.70 bits per heavy atom. The van der Waals surface area contributed by atoms with Crippen molar-refractivity contribution in [2.75, 3.05) is 5.32 Å². The van der Waals surface area contributed by atoms with Crippen LogP contribution in [0.2, 0.25) is 0 Å². The third-order valence-electron chi connectivity index (χ3n) is 4.09. The second-order valence-corrected chi connectivity index (χ2v) is 6.14. The predicted octanol–water partition coefficient (Wildman–Crippen LogP) is 5.56. The monoisotopic (exact) mass is 403 g/mol. The lowest BCUT2D eigenvalue weighted by Crippen LogP contribution is -2.15. The second-order valence-electron chi connectivity index (χ2n) is 6.14. The van der Waals surface area contributed by atoms with Crippen molar-refractivity contribution >= 4 is 22.6 Å². The summed E-state index contributed by atoms with van der Waals surface area (Å²) >= 11 is 0. The van der Waals surface area contributed by atoms with E-state index in [2.05, 4.69) is 25.3 Å². The van der Waals surface area contributed by atoms with Crippen LogP contribution in [0.1, 0.15) is 39.0 Å². The van der Waals surface area contributed by atoms with Crippen LogP contribution in [0.15, 0.2) is 61.2 Å². The quantitative estimate of drug-likeness (QED) is 0.467. The second kappa shape index (κ2) is 11.5. The van der Waals surface area contributed by atoms with Crippen LogP contribution < -0.4 is 5.32 Å². The van der Waals surface area contributed by atoms with Gasteiger partial charge in [-0.2, -0.15) is 0 Å². The Kier molecular flexibility index (Phi) is 8.69. The maximum atomic E-state index is 12.2. The molecule has 0 unspecified atom stereocenters. The average Bonchev–Trinajstić information content (AvgIpc) is 3.23. The normalized spacial score (nSPS) is 9.77. The van der Waals surface area contributed by atoms with Crippen LogP contribution in [-0.4, -0.2) is 25.8 Å². The Morgan fingerprint density at radius 3 is 2.33 bits per heavy atom. The van der Waals surface area contributed by atoms with Gasteiger partial charge in [-0.1, -0.05) is 45.9 Å². The summed E-state index contributed by atoms with van der Waals surface area (Å²) in [6.07, 6.45) is 5.31. The van der Waals surface area contributed by atoms with E-state index >= 15 is 0 Å². The maximum absolute atomic E-state index is 12.2. The minimum Gasteiger partial charge on any atom is -0.339 e. The third-order valence-corrected chi connectivity index (χ3v) is 4.09. The van der Waals surface area contributed by atoms with Crippen molar-refractivity contribution in [3.05, 3.63) is 72.4 Å². The van der Waals surface area contributed by atoms with Crippen LogP contribution in [0.5, 0.6) is 0 Å². The first-order valence-electron chi connectivity index (χ1n) is 10.3. The number of H-pyrrole nitrogens is 1. The van der Waals surface area contributed by atoms with Crippen molar-refractivity contribution < 1.29 is 4.79 Å². The third kappa shape index (κ3) is 5.98. The SMILES string of the molecule is CC.CC.Cc1ccc(CC(=O)Nc2ccc(-c3cc4cncnc4[nH]3)cc2)nc1. The number of aromatic nitrogens is 4. The summed E-state index contributed by atoms with van der Waals surface area (Å²) in [5, 5.41) is 3.86. The van der Waals surface area contributed by atoms with Crippen LogP contribution in [0, 0.1) is 6.92 Å². The molecule has 0 aliphatic rings. The van der Waals surface area contributed by atoms with Gasteiger partial charge >= 0.3 is 0 Å². The van der Waals surface area contributed by atoms with E-state index in [1.165, 1.54) is 6.33 Å². The lowest BCUT2D eigenvalue weighted by Gasteiger charge is -2.06. The number of carbonyl (C=O) groups excluding carboxylic acids is 1. The van der Waals surface area contributed by atoms with Gasteiger partial charge in [-0.3, -0.25) is 9.78 Å². The van der Waals surface area contributed by atoms with Crippen molar-refractivity contribution in [2.45, 2.75) is 41.0 Å². The number of hydrogen-bond acceptors (Lipinski definition) is 4. The largest absolute Gasteiger partial charge is 0.339 e. The molecule has 3 aromatic heterocycles. The number of carbonyl (C=O) groups is 1. The summed E-state index contributed by atoms with van der Waals surface area (Å²) in [5.74, 6) is -0.0880. The first-order chi connectivity index (χ1) is 14.7. The first-order valence-corrected chi connectivity index (χ1v) is 10.3. The zero-order valence-electron chi connectivity index (χ0n) is 18.2. The van der Waals surface area contributed by atoms with Gasteiger partial charge in [-0.15, -0.1) is 0 Å². The summed E-state index contributed by atoms with van der Waals surface area (Å²) in [7, 11) is 0. The van der Waals surface area contributed by atoms with E-state index in [4.69, 9.17) is 0 Å². The lowest BCUT2D eigenvalue weighted by molar-refractivity contribution is -0.115. The molecule has 1 amide bonds. The number of aryl methyl sites for hydroxylation is 1. The van der Waals surface area contributed by atoms with Crippen LogP contribution >= 0.6 is 0 Å². The number of hydrogen-bond donors (Lipinski definition) is 2. The van der Waals surface area contributed by atoms with E-state index < -0.39 is 0 Å². The van der Waals surface area contributed by atoms with Crippen molar-refractivity contribution in [3.8, 4) is 11.3 Å². The van der Waals surface area contributed by atoms with E-state index in [1.807, 2.05) is 77.1 Å². The average molecular weight is 404 g/mol. The van der Waals surface area contributed by atoms with Gasteiger partial charge in [-0.05, 0) is 42.3 Å². The van der Waals surface area contributed by atoms with E-state index in [0.29, 0.717) is 0 Å². The number of fused-ring (bicyclic) bond motifs is 1. The number of nitrogens with one attached hydrogen (secondary N) is 2. The molecular formula is C24H29N5O. The van der Waals surface area contributed by atoms with E-state index in [9.17, 15) is 4.79 Å². The van der Waals surface area contributed by atoms with Crippen LogP contribution in [0.4, 0.5) is 5.69 Å². The molecule has 1 aromatic carbocycles. The van der Waals surface area contributed by atoms with Crippen molar-refractivity contribution in [1.29, 1.82) is 0 Å². The summed E-state index contributed by atoms with van der Waals surface area (Å²) in [6, 6.07) is 13.5. The molecule has 4 rings (SSSR count). The Hall–Kier alpha value is -3.54. The van der Waals surface area contributed by atoms with Crippen LogP contribution in [-0.2, 0) is 11.2 Å². The fourth-order valence-electron chi connectivity index (χ4n) is 2.73. The Balaban J connectivity index is 0.000000757. The lowest BCUT2D eigenvalue weighted by atomic mass is 10.1. The molecular weight excluding hydrogens is 374 g/mol. The number of rotatable bonds is 4. The summed E-state index contributed by atoms with van der Waals surface area (Å²) < 4.78 is 0. The smallest absolute Gasteiger partial charge is 0.230 e. The number of pyridine rings is 1. The minimum atomic E-state index is -0.0880. The molecule has 3 heterocycles. The number of benzene rings is 1.